The van der Waals surface area contributed by atoms with Crippen LogP contribution in [0.1, 0.15) is 10.6 Å². The summed E-state index contributed by atoms with van der Waals surface area (Å²) < 4.78 is 31.6. The first-order chi connectivity index (χ1) is 12.0. The van der Waals surface area contributed by atoms with Gasteiger partial charge in [-0.05, 0) is 23.6 Å². The summed E-state index contributed by atoms with van der Waals surface area (Å²) in [6.07, 6.45) is 1.44. The number of thiophene rings is 1. The minimum Gasteiger partial charge on any atom is -0.459 e. The molecule has 25 heavy (non-hydrogen) atoms. The van der Waals surface area contributed by atoms with E-state index in [1.54, 1.807) is 33.4 Å². The molecule has 3 heterocycles. The SMILES string of the molecule is O=C(CNS(=O)(=O)c1cccs1)N1CCN(C(=O)c2ccco2)CC1. The Kier molecular flexibility index (Phi) is 5.21. The normalized spacial score (nSPS) is 15.4. The third-order valence-corrected chi connectivity index (χ3v) is 6.62. The van der Waals surface area contributed by atoms with Gasteiger partial charge >= 0.3 is 0 Å². The topological polar surface area (TPSA) is 99.9 Å². The van der Waals surface area contributed by atoms with Crippen LogP contribution < -0.4 is 4.72 Å². The lowest BCUT2D eigenvalue weighted by atomic mass is 10.3. The Balaban J connectivity index is 1.49. The standard InChI is InChI=1S/C15H17N3O5S2/c19-13(11-16-25(21,22)14-4-2-10-24-14)17-5-7-18(8-6-17)15(20)12-3-1-9-23-12/h1-4,9-10,16H,5-8,11H2. The third-order valence-electron chi connectivity index (χ3n) is 3.82. The van der Waals surface area contributed by atoms with Gasteiger partial charge in [-0.3, -0.25) is 9.59 Å². The van der Waals surface area contributed by atoms with Crippen molar-refractivity contribution in [2.75, 3.05) is 32.7 Å². The molecule has 1 N–H and O–H groups in total. The molecule has 0 bridgehead atoms. The molecule has 0 aliphatic carbocycles. The van der Waals surface area contributed by atoms with Gasteiger partial charge in [0.05, 0.1) is 12.8 Å². The van der Waals surface area contributed by atoms with Gasteiger partial charge in [0.2, 0.25) is 5.91 Å². The number of amides is 2. The first-order valence-electron chi connectivity index (χ1n) is 7.61. The van der Waals surface area contributed by atoms with Crippen LogP contribution in [0.25, 0.3) is 0 Å². The summed E-state index contributed by atoms with van der Waals surface area (Å²) in [6, 6.07) is 6.36. The van der Waals surface area contributed by atoms with E-state index in [1.165, 1.54) is 12.3 Å². The average Bonchev–Trinajstić information content (AvgIpc) is 3.33. The van der Waals surface area contributed by atoms with Crippen LogP contribution in [0.15, 0.2) is 44.5 Å². The molecule has 0 spiro atoms. The van der Waals surface area contributed by atoms with Gasteiger partial charge in [-0.25, -0.2) is 13.1 Å². The molecule has 0 atom stereocenters. The Morgan fingerprint density at radius 3 is 2.44 bits per heavy atom. The van der Waals surface area contributed by atoms with Gasteiger partial charge in [-0.1, -0.05) is 6.07 Å². The summed E-state index contributed by atoms with van der Waals surface area (Å²) in [5.74, 6) is -0.260. The molecule has 8 nitrogen and oxygen atoms in total. The fourth-order valence-electron chi connectivity index (χ4n) is 2.47. The van der Waals surface area contributed by atoms with Crippen molar-refractivity contribution < 1.29 is 22.4 Å². The Hall–Kier alpha value is -2.17. The molecule has 2 aromatic heterocycles. The molecule has 1 aliphatic heterocycles. The van der Waals surface area contributed by atoms with E-state index in [0.29, 0.717) is 26.2 Å². The van der Waals surface area contributed by atoms with E-state index < -0.39 is 10.0 Å². The minimum absolute atomic E-state index is 0.175. The smallest absolute Gasteiger partial charge is 0.289 e. The summed E-state index contributed by atoms with van der Waals surface area (Å²) >= 11 is 1.09. The molecular weight excluding hydrogens is 366 g/mol. The summed E-state index contributed by atoms with van der Waals surface area (Å²) in [4.78, 5) is 27.5. The highest BCUT2D eigenvalue weighted by atomic mass is 32.2. The fourth-order valence-corrected chi connectivity index (χ4v) is 4.48. The lowest BCUT2D eigenvalue weighted by Gasteiger charge is -2.34. The summed E-state index contributed by atoms with van der Waals surface area (Å²) in [6.45, 7) is 1.16. The zero-order valence-electron chi connectivity index (χ0n) is 13.3. The van der Waals surface area contributed by atoms with Crippen LogP contribution in [0.2, 0.25) is 0 Å². The van der Waals surface area contributed by atoms with Crippen LogP contribution in [-0.4, -0.2) is 62.8 Å². The Morgan fingerprint density at radius 1 is 1.12 bits per heavy atom. The van der Waals surface area contributed by atoms with E-state index in [9.17, 15) is 18.0 Å². The molecule has 0 radical (unpaired) electrons. The molecule has 134 valence electrons. The second kappa shape index (κ2) is 7.38. The molecule has 10 heteroatoms. The van der Waals surface area contributed by atoms with E-state index in [2.05, 4.69) is 4.72 Å². The molecule has 0 unspecified atom stereocenters. The highest BCUT2D eigenvalue weighted by Crippen LogP contribution is 2.15. The van der Waals surface area contributed by atoms with Gasteiger partial charge in [-0.15, -0.1) is 11.3 Å². The van der Waals surface area contributed by atoms with Crippen molar-refractivity contribution in [3.63, 3.8) is 0 Å². The monoisotopic (exact) mass is 383 g/mol. The Bertz CT molecular complexity index is 823. The van der Waals surface area contributed by atoms with Gasteiger partial charge in [0.15, 0.2) is 5.76 Å². The summed E-state index contributed by atoms with van der Waals surface area (Å²) in [5, 5.41) is 1.66. The van der Waals surface area contributed by atoms with Crippen molar-refractivity contribution in [3.8, 4) is 0 Å². The van der Waals surface area contributed by atoms with Gasteiger partial charge in [0, 0.05) is 26.2 Å². The number of sulfonamides is 1. The van der Waals surface area contributed by atoms with Crippen LogP contribution in [0.4, 0.5) is 0 Å². The minimum atomic E-state index is -3.66. The molecule has 2 amide bonds. The van der Waals surface area contributed by atoms with Gasteiger partial charge in [-0.2, -0.15) is 0 Å². The predicted octanol–water partition coefficient (Wildman–Crippen LogP) is 0.604. The Labute approximate surface area is 149 Å². The Morgan fingerprint density at radius 2 is 1.84 bits per heavy atom. The predicted molar refractivity (Wildman–Crippen MR) is 90.7 cm³/mol. The molecule has 1 saturated heterocycles. The highest BCUT2D eigenvalue weighted by Gasteiger charge is 2.26. The molecule has 2 aromatic rings. The maximum atomic E-state index is 12.2. The third kappa shape index (κ3) is 4.09. The quantitative estimate of drug-likeness (QED) is 0.815. The van der Waals surface area contributed by atoms with Crippen LogP contribution >= 0.6 is 11.3 Å². The number of hydrogen-bond donors (Lipinski definition) is 1. The number of rotatable bonds is 5. The summed E-state index contributed by atoms with van der Waals surface area (Å²) in [5.41, 5.74) is 0. The number of hydrogen-bond acceptors (Lipinski definition) is 6. The van der Waals surface area contributed by atoms with Gasteiger partial charge in [0.1, 0.15) is 4.21 Å². The number of piperazine rings is 1. The fraction of sp³-hybridized carbons (Fsp3) is 0.333. The van der Waals surface area contributed by atoms with E-state index in [4.69, 9.17) is 4.42 Å². The highest BCUT2D eigenvalue weighted by molar-refractivity contribution is 7.91. The largest absolute Gasteiger partial charge is 0.459 e. The van der Waals surface area contributed by atoms with Crippen molar-refractivity contribution in [2.45, 2.75) is 4.21 Å². The van der Waals surface area contributed by atoms with Gasteiger partial charge < -0.3 is 14.2 Å². The lowest BCUT2D eigenvalue weighted by Crippen LogP contribution is -2.52. The number of furan rings is 1. The maximum Gasteiger partial charge on any atom is 0.289 e. The van der Waals surface area contributed by atoms with Crippen molar-refractivity contribution >= 4 is 33.2 Å². The van der Waals surface area contributed by atoms with Crippen LogP contribution in [0, 0.1) is 0 Å². The van der Waals surface area contributed by atoms with Crippen LogP contribution in [0.3, 0.4) is 0 Å². The van der Waals surface area contributed by atoms with Crippen LogP contribution in [0.5, 0.6) is 0 Å². The van der Waals surface area contributed by atoms with Gasteiger partial charge in [0.25, 0.3) is 15.9 Å². The molecular formula is C15H17N3O5S2. The van der Waals surface area contributed by atoms with E-state index in [1.807, 2.05) is 0 Å². The zero-order chi connectivity index (χ0) is 17.9. The molecule has 1 aliphatic rings. The first kappa shape index (κ1) is 17.6. The summed E-state index contributed by atoms with van der Waals surface area (Å²) in [7, 11) is -3.66. The average molecular weight is 383 g/mol. The van der Waals surface area contributed by atoms with Crippen molar-refractivity contribution in [3.05, 3.63) is 41.7 Å². The molecule has 0 saturated carbocycles. The zero-order valence-corrected chi connectivity index (χ0v) is 14.9. The number of carbonyl (C=O) groups excluding carboxylic acids is 2. The first-order valence-corrected chi connectivity index (χ1v) is 9.97. The number of carbonyl (C=O) groups is 2. The molecule has 0 aromatic carbocycles. The second-order valence-corrected chi connectivity index (χ2v) is 8.35. The molecule has 3 rings (SSSR count). The second-order valence-electron chi connectivity index (χ2n) is 5.41. The lowest BCUT2D eigenvalue weighted by molar-refractivity contribution is -0.131. The number of nitrogens with one attached hydrogen (secondary N) is 1. The van der Waals surface area contributed by atoms with Crippen molar-refractivity contribution in [2.24, 2.45) is 0 Å². The van der Waals surface area contributed by atoms with Crippen molar-refractivity contribution in [1.82, 2.24) is 14.5 Å². The van der Waals surface area contributed by atoms with E-state index in [0.717, 1.165) is 11.3 Å². The molecule has 1 fully saturated rings. The number of nitrogens with zero attached hydrogens (tertiary/aromatic N) is 2. The maximum absolute atomic E-state index is 12.2. The van der Waals surface area contributed by atoms with Crippen LogP contribution in [-0.2, 0) is 14.8 Å². The van der Waals surface area contributed by atoms with E-state index >= 15 is 0 Å². The van der Waals surface area contributed by atoms with Crippen molar-refractivity contribution in [1.29, 1.82) is 0 Å². The van der Waals surface area contributed by atoms with E-state index in [-0.39, 0.29) is 28.3 Å².